The molecule has 2 heterocycles. The van der Waals surface area contributed by atoms with Gasteiger partial charge in [0.15, 0.2) is 5.13 Å². The minimum atomic E-state index is -0.120. The Hall–Kier alpha value is -1.38. The molecular formula is C13H24N6OS. The lowest BCUT2D eigenvalue weighted by molar-refractivity contribution is 0.0957. The largest absolute Gasteiger partial charge is 0.382 e. The van der Waals surface area contributed by atoms with Gasteiger partial charge >= 0.3 is 0 Å². The van der Waals surface area contributed by atoms with Crippen LogP contribution in [0.4, 0.5) is 10.9 Å². The number of piperazine rings is 1. The average Bonchev–Trinajstić information content (AvgIpc) is 2.86. The number of carbonyl (C=O) groups is 1. The number of nitrogen functional groups attached to an aromatic ring is 1. The van der Waals surface area contributed by atoms with Crippen molar-refractivity contribution in [2.45, 2.75) is 6.42 Å². The zero-order valence-corrected chi connectivity index (χ0v) is 13.5. The van der Waals surface area contributed by atoms with Crippen molar-refractivity contribution in [1.29, 1.82) is 0 Å². The third kappa shape index (κ3) is 4.55. The Morgan fingerprint density at radius 2 is 2.19 bits per heavy atom. The van der Waals surface area contributed by atoms with Gasteiger partial charge in [0.2, 0.25) is 0 Å². The molecule has 0 atom stereocenters. The molecule has 0 aromatic carbocycles. The first-order valence-electron chi connectivity index (χ1n) is 7.23. The highest BCUT2D eigenvalue weighted by atomic mass is 32.1. The third-order valence-electron chi connectivity index (χ3n) is 3.30. The minimum Gasteiger partial charge on any atom is -0.382 e. The first kappa shape index (κ1) is 16.0. The fourth-order valence-corrected chi connectivity index (χ4v) is 3.11. The molecule has 0 saturated carbocycles. The molecule has 1 aliphatic heterocycles. The molecule has 1 fully saturated rings. The number of carbonyl (C=O) groups excluding carboxylic acids is 1. The molecule has 2 rings (SSSR count). The summed E-state index contributed by atoms with van der Waals surface area (Å²) in [6, 6.07) is 0. The smallest absolute Gasteiger partial charge is 0.265 e. The third-order valence-corrected chi connectivity index (χ3v) is 4.43. The predicted octanol–water partition coefficient (Wildman–Crippen LogP) is -0.184. The fourth-order valence-electron chi connectivity index (χ4n) is 2.15. The zero-order chi connectivity index (χ0) is 15.2. The number of rotatable bonds is 6. The van der Waals surface area contributed by atoms with Crippen LogP contribution in [0.1, 0.15) is 16.1 Å². The van der Waals surface area contributed by atoms with Gasteiger partial charge < -0.3 is 26.2 Å². The molecule has 4 N–H and O–H groups in total. The summed E-state index contributed by atoms with van der Waals surface area (Å²) in [4.78, 5) is 21.3. The predicted molar refractivity (Wildman–Crippen MR) is 87.1 cm³/mol. The SMILES string of the molecule is CN(C)CCCNC(=O)c1sc(N2CCNCC2)nc1N. The van der Waals surface area contributed by atoms with Crippen LogP contribution < -0.4 is 21.3 Å². The van der Waals surface area contributed by atoms with E-state index in [1.807, 2.05) is 14.1 Å². The Kier molecular flexibility index (Phi) is 5.77. The number of hydrogen-bond donors (Lipinski definition) is 3. The Morgan fingerprint density at radius 1 is 1.48 bits per heavy atom. The summed E-state index contributed by atoms with van der Waals surface area (Å²) in [5, 5.41) is 7.04. The van der Waals surface area contributed by atoms with Gasteiger partial charge in [-0.3, -0.25) is 4.79 Å². The van der Waals surface area contributed by atoms with Gasteiger partial charge in [0.1, 0.15) is 10.7 Å². The van der Waals surface area contributed by atoms with Crippen molar-refractivity contribution in [2.75, 3.05) is 64.0 Å². The number of nitrogens with zero attached hydrogens (tertiary/aromatic N) is 3. The number of hydrogen-bond acceptors (Lipinski definition) is 7. The maximum absolute atomic E-state index is 12.1. The van der Waals surface area contributed by atoms with Gasteiger partial charge in [-0.2, -0.15) is 0 Å². The van der Waals surface area contributed by atoms with E-state index in [9.17, 15) is 4.79 Å². The second-order valence-electron chi connectivity index (χ2n) is 5.36. The maximum atomic E-state index is 12.1. The molecule has 8 heteroatoms. The summed E-state index contributed by atoms with van der Waals surface area (Å²) in [6.45, 7) is 5.27. The molecule has 0 aliphatic carbocycles. The van der Waals surface area contributed by atoms with Crippen LogP contribution in [0.5, 0.6) is 0 Å². The van der Waals surface area contributed by atoms with E-state index in [2.05, 4.69) is 25.4 Å². The minimum absolute atomic E-state index is 0.120. The molecular weight excluding hydrogens is 288 g/mol. The molecule has 1 aromatic heterocycles. The normalized spacial score (nSPS) is 15.5. The van der Waals surface area contributed by atoms with E-state index < -0.39 is 0 Å². The van der Waals surface area contributed by atoms with E-state index in [4.69, 9.17) is 5.73 Å². The zero-order valence-electron chi connectivity index (χ0n) is 12.7. The van der Waals surface area contributed by atoms with Crippen molar-refractivity contribution < 1.29 is 4.79 Å². The molecule has 1 aromatic rings. The monoisotopic (exact) mass is 312 g/mol. The lowest BCUT2D eigenvalue weighted by Crippen LogP contribution is -2.43. The molecule has 21 heavy (non-hydrogen) atoms. The second kappa shape index (κ2) is 7.58. The van der Waals surface area contributed by atoms with Crippen molar-refractivity contribution >= 4 is 28.2 Å². The molecule has 0 spiro atoms. The number of nitrogens with two attached hydrogens (primary N) is 1. The Labute approximate surface area is 129 Å². The van der Waals surface area contributed by atoms with Gasteiger partial charge in [-0.25, -0.2) is 4.98 Å². The number of thiazole rings is 1. The summed E-state index contributed by atoms with van der Waals surface area (Å²) in [7, 11) is 4.03. The highest BCUT2D eigenvalue weighted by molar-refractivity contribution is 7.18. The number of anilines is 2. The molecule has 1 amide bonds. The summed E-state index contributed by atoms with van der Waals surface area (Å²) in [5.74, 6) is 0.212. The van der Waals surface area contributed by atoms with Crippen LogP contribution in [0.2, 0.25) is 0 Å². The fraction of sp³-hybridized carbons (Fsp3) is 0.692. The van der Waals surface area contributed by atoms with E-state index in [0.717, 1.165) is 44.3 Å². The second-order valence-corrected chi connectivity index (χ2v) is 6.34. The summed E-state index contributed by atoms with van der Waals surface area (Å²) in [6.07, 6.45) is 0.919. The van der Waals surface area contributed by atoms with Gasteiger partial charge in [0.25, 0.3) is 5.91 Å². The Bertz CT molecular complexity index is 469. The first-order chi connectivity index (χ1) is 10.1. The summed E-state index contributed by atoms with van der Waals surface area (Å²) < 4.78 is 0. The highest BCUT2D eigenvalue weighted by Crippen LogP contribution is 2.28. The molecule has 7 nitrogen and oxygen atoms in total. The number of amides is 1. The van der Waals surface area contributed by atoms with E-state index in [1.165, 1.54) is 11.3 Å². The lowest BCUT2D eigenvalue weighted by Gasteiger charge is -2.26. The maximum Gasteiger partial charge on any atom is 0.265 e. The van der Waals surface area contributed by atoms with Gasteiger partial charge in [-0.1, -0.05) is 11.3 Å². The molecule has 0 unspecified atom stereocenters. The average molecular weight is 312 g/mol. The van der Waals surface area contributed by atoms with Crippen LogP contribution in [0.25, 0.3) is 0 Å². The van der Waals surface area contributed by atoms with Crippen molar-refractivity contribution in [3.05, 3.63) is 4.88 Å². The Balaban J connectivity index is 1.90. The standard InChI is InChI=1S/C13H24N6OS/c1-18(2)7-3-4-16-12(20)10-11(14)17-13(21-10)19-8-5-15-6-9-19/h15H,3-9,14H2,1-2H3,(H,16,20). The summed E-state index contributed by atoms with van der Waals surface area (Å²) >= 11 is 1.38. The molecule has 0 bridgehead atoms. The van der Waals surface area contributed by atoms with Gasteiger partial charge in [0.05, 0.1) is 0 Å². The van der Waals surface area contributed by atoms with Crippen molar-refractivity contribution in [1.82, 2.24) is 20.5 Å². The van der Waals surface area contributed by atoms with E-state index in [1.54, 1.807) is 0 Å². The van der Waals surface area contributed by atoms with Crippen LogP contribution in [-0.2, 0) is 0 Å². The van der Waals surface area contributed by atoms with E-state index in [0.29, 0.717) is 17.2 Å². The first-order valence-corrected chi connectivity index (χ1v) is 8.04. The van der Waals surface area contributed by atoms with Crippen molar-refractivity contribution in [3.8, 4) is 0 Å². The van der Waals surface area contributed by atoms with E-state index >= 15 is 0 Å². The van der Waals surface area contributed by atoms with Crippen molar-refractivity contribution in [2.24, 2.45) is 0 Å². The summed E-state index contributed by atoms with van der Waals surface area (Å²) in [5.41, 5.74) is 5.89. The quantitative estimate of drug-likeness (QED) is 0.632. The molecule has 1 saturated heterocycles. The molecule has 118 valence electrons. The van der Waals surface area contributed by atoms with Gasteiger partial charge in [-0.15, -0.1) is 0 Å². The van der Waals surface area contributed by atoms with Gasteiger partial charge in [-0.05, 0) is 27.1 Å². The van der Waals surface area contributed by atoms with Crippen LogP contribution in [-0.4, -0.2) is 69.2 Å². The molecule has 0 radical (unpaired) electrons. The van der Waals surface area contributed by atoms with Gasteiger partial charge in [0, 0.05) is 32.7 Å². The van der Waals surface area contributed by atoms with E-state index in [-0.39, 0.29) is 5.91 Å². The van der Waals surface area contributed by atoms with Crippen LogP contribution in [0.15, 0.2) is 0 Å². The Morgan fingerprint density at radius 3 is 2.86 bits per heavy atom. The topological polar surface area (TPSA) is 86.5 Å². The number of nitrogens with one attached hydrogen (secondary N) is 2. The molecule has 1 aliphatic rings. The van der Waals surface area contributed by atoms with Crippen LogP contribution >= 0.6 is 11.3 Å². The number of aromatic nitrogens is 1. The lowest BCUT2D eigenvalue weighted by atomic mass is 10.4. The van der Waals surface area contributed by atoms with Crippen molar-refractivity contribution in [3.63, 3.8) is 0 Å². The van der Waals surface area contributed by atoms with Crippen LogP contribution in [0, 0.1) is 0 Å². The highest BCUT2D eigenvalue weighted by Gasteiger charge is 2.20. The van der Waals surface area contributed by atoms with Crippen LogP contribution in [0.3, 0.4) is 0 Å².